The second-order valence-corrected chi connectivity index (χ2v) is 3.30. The Bertz CT molecular complexity index is 217. The van der Waals surface area contributed by atoms with Crippen LogP contribution in [-0.2, 0) is 9.59 Å². The van der Waals surface area contributed by atoms with Crippen LogP contribution >= 0.6 is 0 Å². The van der Waals surface area contributed by atoms with Crippen LogP contribution in [0.3, 0.4) is 0 Å². The van der Waals surface area contributed by atoms with E-state index in [1.165, 1.54) is 0 Å². The van der Waals surface area contributed by atoms with E-state index in [0.717, 1.165) is 19.4 Å². The van der Waals surface area contributed by atoms with Crippen LogP contribution in [-0.4, -0.2) is 42.9 Å². The van der Waals surface area contributed by atoms with E-state index in [2.05, 4.69) is 5.32 Å². The summed E-state index contributed by atoms with van der Waals surface area (Å²) in [5.74, 6) is -0.381. The van der Waals surface area contributed by atoms with Gasteiger partial charge in [-0.15, -0.1) is 0 Å². The molecule has 13 heavy (non-hydrogen) atoms. The van der Waals surface area contributed by atoms with Crippen LogP contribution in [0, 0.1) is 0 Å². The van der Waals surface area contributed by atoms with Gasteiger partial charge in [-0.1, -0.05) is 0 Å². The standard InChI is InChI=1S/C8H15N3O2/c1-11-4-2-3-6(8(11)13)10-5-7(9)12/h6,10H,2-5H2,1H3,(H2,9,12). The molecule has 0 aromatic carbocycles. The number of nitrogens with one attached hydrogen (secondary N) is 1. The van der Waals surface area contributed by atoms with Crippen LogP contribution in [0.25, 0.3) is 0 Å². The normalized spacial score (nSPS) is 23.3. The molecule has 1 unspecified atom stereocenters. The molecule has 0 saturated carbocycles. The van der Waals surface area contributed by atoms with Gasteiger partial charge in [0.25, 0.3) is 0 Å². The summed E-state index contributed by atoms with van der Waals surface area (Å²) in [6, 6.07) is -0.230. The molecule has 2 amide bonds. The Morgan fingerprint density at radius 1 is 1.77 bits per heavy atom. The Kier molecular flexibility index (Phi) is 3.25. The first-order chi connectivity index (χ1) is 6.11. The number of piperidine rings is 1. The molecule has 1 aliphatic heterocycles. The molecule has 1 saturated heterocycles. The van der Waals surface area contributed by atoms with Crippen molar-refractivity contribution in [2.24, 2.45) is 5.73 Å². The lowest BCUT2D eigenvalue weighted by atomic mass is 10.1. The van der Waals surface area contributed by atoms with E-state index in [9.17, 15) is 9.59 Å². The molecule has 0 radical (unpaired) electrons. The van der Waals surface area contributed by atoms with E-state index in [4.69, 9.17) is 5.73 Å². The molecular formula is C8H15N3O2. The summed E-state index contributed by atoms with van der Waals surface area (Å²) in [7, 11) is 1.76. The minimum Gasteiger partial charge on any atom is -0.369 e. The van der Waals surface area contributed by atoms with Crippen LogP contribution in [0.1, 0.15) is 12.8 Å². The number of likely N-dealkylation sites (tertiary alicyclic amines) is 1. The van der Waals surface area contributed by atoms with Gasteiger partial charge >= 0.3 is 0 Å². The zero-order valence-electron chi connectivity index (χ0n) is 7.75. The van der Waals surface area contributed by atoms with Crippen molar-refractivity contribution in [2.45, 2.75) is 18.9 Å². The highest BCUT2D eigenvalue weighted by Crippen LogP contribution is 2.08. The summed E-state index contributed by atoms with van der Waals surface area (Å²) in [5, 5.41) is 2.84. The van der Waals surface area contributed by atoms with Crippen LogP contribution in [0.15, 0.2) is 0 Å². The summed E-state index contributed by atoms with van der Waals surface area (Å²) >= 11 is 0. The molecule has 0 aromatic rings. The second-order valence-electron chi connectivity index (χ2n) is 3.30. The fourth-order valence-electron chi connectivity index (χ4n) is 1.45. The summed E-state index contributed by atoms with van der Waals surface area (Å²) in [4.78, 5) is 23.6. The SMILES string of the molecule is CN1CCCC(NCC(N)=O)C1=O. The molecule has 0 aromatic heterocycles. The van der Waals surface area contributed by atoms with Gasteiger partial charge in [0.15, 0.2) is 0 Å². The molecule has 74 valence electrons. The van der Waals surface area contributed by atoms with Gasteiger partial charge in [0.2, 0.25) is 11.8 Å². The average molecular weight is 185 g/mol. The van der Waals surface area contributed by atoms with Gasteiger partial charge in [0, 0.05) is 13.6 Å². The number of hydrogen-bond acceptors (Lipinski definition) is 3. The minimum absolute atomic E-state index is 0.0486. The summed E-state index contributed by atoms with van der Waals surface area (Å²) < 4.78 is 0. The van der Waals surface area contributed by atoms with Gasteiger partial charge in [0.05, 0.1) is 12.6 Å². The van der Waals surface area contributed by atoms with E-state index in [0.29, 0.717) is 0 Å². The molecule has 0 bridgehead atoms. The lowest BCUT2D eigenvalue weighted by molar-refractivity contribution is -0.134. The monoisotopic (exact) mass is 185 g/mol. The number of amides is 2. The van der Waals surface area contributed by atoms with Crippen LogP contribution < -0.4 is 11.1 Å². The predicted octanol–water partition coefficient (Wildman–Crippen LogP) is -1.32. The summed E-state index contributed by atoms with van der Waals surface area (Å²) in [6.07, 6.45) is 1.76. The molecule has 1 fully saturated rings. The molecule has 1 aliphatic rings. The zero-order valence-corrected chi connectivity index (χ0v) is 7.75. The van der Waals surface area contributed by atoms with Crippen molar-refractivity contribution in [3.63, 3.8) is 0 Å². The lowest BCUT2D eigenvalue weighted by Crippen LogP contribution is -2.50. The van der Waals surface area contributed by atoms with Crippen molar-refractivity contribution in [1.82, 2.24) is 10.2 Å². The molecule has 0 spiro atoms. The number of carbonyl (C=O) groups excluding carboxylic acids is 2. The number of nitrogens with zero attached hydrogens (tertiary/aromatic N) is 1. The molecule has 3 N–H and O–H groups in total. The van der Waals surface area contributed by atoms with Gasteiger partial charge < -0.3 is 10.6 Å². The molecule has 5 heteroatoms. The van der Waals surface area contributed by atoms with Gasteiger partial charge in [-0.3, -0.25) is 14.9 Å². The second kappa shape index (κ2) is 4.23. The first kappa shape index (κ1) is 9.98. The Balaban J connectivity index is 2.40. The Morgan fingerprint density at radius 2 is 2.46 bits per heavy atom. The zero-order chi connectivity index (χ0) is 9.84. The van der Waals surface area contributed by atoms with Crippen molar-refractivity contribution in [1.29, 1.82) is 0 Å². The number of primary amides is 1. The molecule has 1 rings (SSSR count). The first-order valence-corrected chi connectivity index (χ1v) is 4.38. The Morgan fingerprint density at radius 3 is 3.08 bits per heavy atom. The quantitative estimate of drug-likeness (QED) is 0.572. The largest absolute Gasteiger partial charge is 0.369 e. The van der Waals surface area contributed by atoms with Gasteiger partial charge in [-0.25, -0.2) is 0 Å². The topological polar surface area (TPSA) is 75.4 Å². The fraction of sp³-hybridized carbons (Fsp3) is 0.750. The lowest BCUT2D eigenvalue weighted by Gasteiger charge is -2.29. The predicted molar refractivity (Wildman–Crippen MR) is 47.9 cm³/mol. The third-order valence-electron chi connectivity index (χ3n) is 2.18. The summed E-state index contributed by atoms with van der Waals surface area (Å²) in [6.45, 7) is 0.873. The van der Waals surface area contributed by atoms with E-state index in [1.807, 2.05) is 0 Å². The van der Waals surface area contributed by atoms with Gasteiger partial charge in [-0.05, 0) is 12.8 Å². The van der Waals surface area contributed by atoms with Crippen molar-refractivity contribution < 1.29 is 9.59 Å². The number of rotatable bonds is 3. The van der Waals surface area contributed by atoms with Crippen LogP contribution in [0.4, 0.5) is 0 Å². The van der Waals surface area contributed by atoms with Crippen molar-refractivity contribution in [3.05, 3.63) is 0 Å². The third-order valence-corrected chi connectivity index (χ3v) is 2.18. The highest BCUT2D eigenvalue weighted by Gasteiger charge is 2.25. The highest BCUT2D eigenvalue weighted by molar-refractivity contribution is 5.83. The van der Waals surface area contributed by atoms with E-state index in [1.54, 1.807) is 11.9 Å². The maximum atomic E-state index is 11.4. The van der Waals surface area contributed by atoms with Gasteiger partial charge in [0.1, 0.15) is 0 Å². The molecule has 1 heterocycles. The summed E-state index contributed by atoms with van der Waals surface area (Å²) in [5.41, 5.74) is 4.96. The average Bonchev–Trinajstić information content (AvgIpc) is 2.07. The van der Waals surface area contributed by atoms with Crippen LogP contribution in [0.2, 0.25) is 0 Å². The van der Waals surface area contributed by atoms with Crippen LogP contribution in [0.5, 0.6) is 0 Å². The van der Waals surface area contributed by atoms with Gasteiger partial charge in [-0.2, -0.15) is 0 Å². The molecular weight excluding hydrogens is 170 g/mol. The van der Waals surface area contributed by atoms with Crippen molar-refractivity contribution in [3.8, 4) is 0 Å². The smallest absolute Gasteiger partial charge is 0.239 e. The fourth-order valence-corrected chi connectivity index (χ4v) is 1.45. The van der Waals surface area contributed by atoms with Crippen molar-refractivity contribution in [2.75, 3.05) is 20.1 Å². The number of carbonyl (C=O) groups is 2. The number of hydrogen-bond donors (Lipinski definition) is 2. The Hall–Kier alpha value is -1.10. The molecule has 0 aliphatic carbocycles. The van der Waals surface area contributed by atoms with E-state index >= 15 is 0 Å². The van der Waals surface area contributed by atoms with E-state index < -0.39 is 5.91 Å². The maximum Gasteiger partial charge on any atom is 0.239 e. The van der Waals surface area contributed by atoms with E-state index in [-0.39, 0.29) is 18.5 Å². The number of likely N-dealkylation sites (N-methyl/N-ethyl adjacent to an activating group) is 1. The maximum absolute atomic E-state index is 11.4. The molecule has 5 nitrogen and oxygen atoms in total. The third kappa shape index (κ3) is 2.69. The molecule has 1 atom stereocenters. The first-order valence-electron chi connectivity index (χ1n) is 4.38. The Labute approximate surface area is 77.3 Å². The number of nitrogens with two attached hydrogens (primary N) is 1. The highest BCUT2D eigenvalue weighted by atomic mass is 16.2. The van der Waals surface area contributed by atoms with Crippen molar-refractivity contribution >= 4 is 11.8 Å². The minimum atomic E-state index is -0.430.